The topological polar surface area (TPSA) is 90.4 Å². The summed E-state index contributed by atoms with van der Waals surface area (Å²) in [6.07, 6.45) is 0. The van der Waals surface area contributed by atoms with Crippen LogP contribution in [-0.4, -0.2) is 52.8 Å². The summed E-state index contributed by atoms with van der Waals surface area (Å²) in [4.78, 5) is 33.2. The fraction of sp³-hybridized carbons (Fsp3) is 0.238. The molecule has 0 spiro atoms. The summed E-state index contributed by atoms with van der Waals surface area (Å²) in [6, 6.07) is 13.9. The van der Waals surface area contributed by atoms with Crippen molar-refractivity contribution in [1.82, 2.24) is 14.8 Å². The van der Waals surface area contributed by atoms with E-state index in [-0.39, 0.29) is 11.8 Å². The van der Waals surface area contributed by atoms with Crippen LogP contribution in [0.5, 0.6) is 0 Å². The van der Waals surface area contributed by atoms with E-state index in [1.54, 1.807) is 59.2 Å². The maximum Gasteiger partial charge on any atom is 0.254 e. The van der Waals surface area contributed by atoms with E-state index in [2.05, 4.69) is 4.98 Å². The first-order valence-corrected chi connectivity index (χ1v) is 9.01. The molecule has 1 aromatic heterocycles. The molecule has 1 aliphatic rings. The van der Waals surface area contributed by atoms with E-state index in [1.165, 1.54) is 0 Å². The van der Waals surface area contributed by atoms with Crippen molar-refractivity contribution in [3.63, 3.8) is 0 Å². The van der Waals surface area contributed by atoms with E-state index >= 15 is 0 Å². The average molecular weight is 374 g/mol. The molecule has 0 saturated carbocycles. The van der Waals surface area contributed by atoms with Gasteiger partial charge in [-0.2, -0.15) is 5.26 Å². The molecule has 0 bridgehead atoms. The van der Waals surface area contributed by atoms with Crippen LogP contribution < -0.4 is 0 Å². The van der Waals surface area contributed by atoms with Gasteiger partial charge in [0.1, 0.15) is 5.52 Å². The van der Waals surface area contributed by atoms with Gasteiger partial charge in [-0.05, 0) is 36.4 Å². The largest absolute Gasteiger partial charge is 0.441 e. The molecule has 28 heavy (non-hydrogen) atoms. The average Bonchev–Trinajstić information content (AvgIpc) is 3.12. The van der Waals surface area contributed by atoms with Crippen molar-refractivity contribution in [2.24, 2.45) is 0 Å². The molecular formula is C21H18N4O3. The highest BCUT2D eigenvalue weighted by molar-refractivity contribution is 5.98. The van der Waals surface area contributed by atoms with Gasteiger partial charge >= 0.3 is 0 Å². The number of benzene rings is 2. The Morgan fingerprint density at radius 1 is 1.00 bits per heavy atom. The maximum atomic E-state index is 12.8. The molecule has 140 valence electrons. The molecule has 0 aliphatic carbocycles. The van der Waals surface area contributed by atoms with Crippen LogP contribution in [0.25, 0.3) is 11.1 Å². The Hall–Kier alpha value is -3.66. The van der Waals surface area contributed by atoms with Crippen LogP contribution in [0.1, 0.15) is 32.2 Å². The van der Waals surface area contributed by atoms with Crippen molar-refractivity contribution in [2.75, 3.05) is 26.2 Å². The Bertz CT molecular complexity index is 1100. The molecule has 3 aromatic rings. The lowest BCUT2D eigenvalue weighted by Gasteiger charge is -2.34. The molecule has 7 nitrogen and oxygen atoms in total. The van der Waals surface area contributed by atoms with Crippen LogP contribution in [0, 0.1) is 18.3 Å². The minimum absolute atomic E-state index is 0.0823. The van der Waals surface area contributed by atoms with Crippen LogP contribution in [0.3, 0.4) is 0 Å². The van der Waals surface area contributed by atoms with Crippen molar-refractivity contribution in [2.45, 2.75) is 6.92 Å². The van der Waals surface area contributed by atoms with Gasteiger partial charge in [0.25, 0.3) is 11.8 Å². The van der Waals surface area contributed by atoms with Gasteiger partial charge in [0, 0.05) is 44.2 Å². The van der Waals surface area contributed by atoms with Crippen LogP contribution in [0.2, 0.25) is 0 Å². The Morgan fingerprint density at radius 3 is 2.29 bits per heavy atom. The summed E-state index contributed by atoms with van der Waals surface area (Å²) >= 11 is 0. The second-order valence-electron chi connectivity index (χ2n) is 6.69. The number of oxazole rings is 1. The summed E-state index contributed by atoms with van der Waals surface area (Å²) in [5, 5.41) is 9.00. The third kappa shape index (κ3) is 3.32. The first-order valence-electron chi connectivity index (χ1n) is 9.01. The molecule has 4 rings (SSSR count). The predicted molar refractivity (Wildman–Crippen MR) is 102 cm³/mol. The number of nitriles is 1. The van der Waals surface area contributed by atoms with Crippen molar-refractivity contribution in [3.05, 3.63) is 65.0 Å². The molecule has 7 heteroatoms. The lowest BCUT2D eigenvalue weighted by molar-refractivity contribution is 0.0535. The molecule has 0 radical (unpaired) electrons. The van der Waals surface area contributed by atoms with Gasteiger partial charge in [0.2, 0.25) is 0 Å². The SMILES string of the molecule is Cc1nc2cc(C(=O)N3CCN(C(=O)c4cccc(C#N)c4)CC3)ccc2o1. The maximum absolute atomic E-state index is 12.8. The fourth-order valence-electron chi connectivity index (χ4n) is 3.38. The number of nitrogens with zero attached hydrogens (tertiary/aromatic N) is 4. The first kappa shape index (κ1) is 17.7. The van der Waals surface area contributed by atoms with Gasteiger partial charge < -0.3 is 14.2 Å². The number of aryl methyl sites for hydroxylation is 1. The summed E-state index contributed by atoms with van der Waals surface area (Å²) in [5.41, 5.74) is 2.82. The molecular weight excluding hydrogens is 356 g/mol. The molecule has 2 heterocycles. The number of fused-ring (bicyclic) bond motifs is 1. The molecule has 0 atom stereocenters. The van der Waals surface area contributed by atoms with E-state index < -0.39 is 0 Å². The summed E-state index contributed by atoms with van der Waals surface area (Å²) in [6.45, 7) is 3.58. The predicted octanol–water partition coefficient (Wildman–Crippen LogP) is 2.61. The molecule has 1 fully saturated rings. The standard InChI is InChI=1S/C21H18N4O3/c1-14-23-18-12-17(5-6-19(18)28-14)21(27)25-9-7-24(8-10-25)20(26)16-4-2-3-15(11-16)13-22/h2-6,11-12H,7-10H2,1H3. The summed E-state index contributed by atoms with van der Waals surface area (Å²) in [5.74, 6) is 0.358. The van der Waals surface area contributed by atoms with Gasteiger partial charge in [-0.3, -0.25) is 9.59 Å². The zero-order chi connectivity index (χ0) is 19.7. The quantitative estimate of drug-likeness (QED) is 0.688. The van der Waals surface area contributed by atoms with E-state index in [9.17, 15) is 9.59 Å². The number of carbonyl (C=O) groups is 2. The number of piperazine rings is 1. The van der Waals surface area contributed by atoms with Crippen molar-refractivity contribution in [1.29, 1.82) is 5.26 Å². The smallest absolute Gasteiger partial charge is 0.254 e. The minimum Gasteiger partial charge on any atom is -0.441 e. The zero-order valence-corrected chi connectivity index (χ0v) is 15.4. The number of aromatic nitrogens is 1. The highest BCUT2D eigenvalue weighted by Gasteiger charge is 2.26. The number of hydrogen-bond donors (Lipinski definition) is 0. The molecule has 1 saturated heterocycles. The van der Waals surface area contributed by atoms with Gasteiger partial charge in [-0.1, -0.05) is 6.07 Å². The van der Waals surface area contributed by atoms with Crippen molar-refractivity contribution < 1.29 is 14.0 Å². The Labute approximate surface area is 161 Å². The van der Waals surface area contributed by atoms with E-state index in [4.69, 9.17) is 9.68 Å². The number of carbonyl (C=O) groups excluding carboxylic acids is 2. The first-order chi connectivity index (χ1) is 13.5. The molecule has 1 aliphatic heterocycles. The van der Waals surface area contributed by atoms with Gasteiger partial charge in [0.15, 0.2) is 11.5 Å². The van der Waals surface area contributed by atoms with Crippen molar-refractivity contribution >= 4 is 22.9 Å². The van der Waals surface area contributed by atoms with Crippen LogP contribution in [0.15, 0.2) is 46.9 Å². The second-order valence-corrected chi connectivity index (χ2v) is 6.69. The Balaban J connectivity index is 1.43. The molecule has 0 N–H and O–H groups in total. The van der Waals surface area contributed by atoms with E-state index in [0.29, 0.717) is 59.9 Å². The highest BCUT2D eigenvalue weighted by Crippen LogP contribution is 2.19. The van der Waals surface area contributed by atoms with Gasteiger partial charge in [-0.15, -0.1) is 0 Å². The molecule has 2 aromatic carbocycles. The van der Waals surface area contributed by atoms with Crippen LogP contribution in [-0.2, 0) is 0 Å². The normalized spacial score (nSPS) is 14.1. The molecule has 0 unspecified atom stereocenters. The highest BCUT2D eigenvalue weighted by atomic mass is 16.3. The van der Waals surface area contributed by atoms with Crippen LogP contribution >= 0.6 is 0 Å². The third-order valence-corrected chi connectivity index (χ3v) is 4.83. The fourth-order valence-corrected chi connectivity index (χ4v) is 3.38. The number of amides is 2. The summed E-state index contributed by atoms with van der Waals surface area (Å²) in [7, 11) is 0. The van der Waals surface area contributed by atoms with Crippen LogP contribution in [0.4, 0.5) is 0 Å². The lowest BCUT2D eigenvalue weighted by Crippen LogP contribution is -2.50. The monoisotopic (exact) mass is 374 g/mol. The third-order valence-electron chi connectivity index (χ3n) is 4.83. The number of hydrogen-bond acceptors (Lipinski definition) is 5. The Kier molecular flexibility index (Phi) is 4.53. The lowest BCUT2D eigenvalue weighted by atomic mass is 10.1. The zero-order valence-electron chi connectivity index (χ0n) is 15.4. The summed E-state index contributed by atoms with van der Waals surface area (Å²) < 4.78 is 5.45. The second kappa shape index (κ2) is 7.16. The minimum atomic E-state index is -0.122. The van der Waals surface area contributed by atoms with Crippen molar-refractivity contribution in [3.8, 4) is 6.07 Å². The van der Waals surface area contributed by atoms with E-state index in [1.807, 2.05) is 6.07 Å². The van der Waals surface area contributed by atoms with Gasteiger partial charge in [0.05, 0.1) is 11.6 Å². The Morgan fingerprint density at radius 2 is 1.64 bits per heavy atom. The van der Waals surface area contributed by atoms with E-state index in [0.717, 1.165) is 0 Å². The number of rotatable bonds is 2. The van der Waals surface area contributed by atoms with Gasteiger partial charge in [-0.25, -0.2) is 4.98 Å². The molecule has 2 amide bonds.